The van der Waals surface area contributed by atoms with Crippen LogP contribution >= 0.6 is 31.9 Å². The van der Waals surface area contributed by atoms with Crippen LogP contribution in [-0.2, 0) is 0 Å². The first-order valence-corrected chi connectivity index (χ1v) is 10.6. The van der Waals surface area contributed by atoms with Gasteiger partial charge in [-0.15, -0.1) is 0 Å². The molecule has 0 saturated carbocycles. The molecule has 0 radical (unpaired) electrons. The highest BCUT2D eigenvalue weighted by molar-refractivity contribution is 9.10. The summed E-state index contributed by atoms with van der Waals surface area (Å²) in [4.78, 5) is 17.7. The smallest absolute Gasteiger partial charge is 0.282 e. The molecule has 1 aromatic heterocycles. The normalized spacial score (nSPS) is 11.9. The Bertz CT molecular complexity index is 1100. The largest absolute Gasteiger partial charge is 0.490 e. The second-order valence-corrected chi connectivity index (χ2v) is 8.77. The van der Waals surface area contributed by atoms with E-state index in [2.05, 4.69) is 41.9 Å². The Morgan fingerprint density at radius 3 is 2.50 bits per heavy atom. The minimum atomic E-state index is -0.190. The Morgan fingerprint density at radius 2 is 1.86 bits per heavy atom. The molecule has 1 heterocycles. The van der Waals surface area contributed by atoms with E-state index in [4.69, 9.17) is 4.74 Å². The van der Waals surface area contributed by atoms with E-state index in [0.717, 1.165) is 20.3 Å². The van der Waals surface area contributed by atoms with Crippen molar-refractivity contribution in [3.8, 4) is 5.75 Å². The van der Waals surface area contributed by atoms with Crippen LogP contribution in [0.25, 0.3) is 10.9 Å². The SMILES string of the molecule is CC(C)Oc1ccc(C=Nn2c(C(C)C)nc3ccc(Br)cc3c2=O)cc1Br. The molecule has 0 bridgehead atoms. The summed E-state index contributed by atoms with van der Waals surface area (Å²) in [5.74, 6) is 1.44. The molecular formula is C21H21Br2N3O2. The van der Waals surface area contributed by atoms with Gasteiger partial charge in [-0.25, -0.2) is 4.98 Å². The number of nitrogens with zero attached hydrogens (tertiary/aromatic N) is 3. The minimum Gasteiger partial charge on any atom is -0.490 e. The molecule has 0 amide bonds. The Labute approximate surface area is 180 Å². The summed E-state index contributed by atoms with van der Waals surface area (Å²) >= 11 is 6.94. The van der Waals surface area contributed by atoms with Crippen molar-refractivity contribution in [3.05, 3.63) is 67.1 Å². The maximum Gasteiger partial charge on any atom is 0.282 e. The van der Waals surface area contributed by atoms with Crippen LogP contribution in [0.3, 0.4) is 0 Å². The van der Waals surface area contributed by atoms with Gasteiger partial charge < -0.3 is 4.74 Å². The molecule has 3 rings (SSSR count). The first kappa shape index (κ1) is 20.7. The van der Waals surface area contributed by atoms with Crippen molar-refractivity contribution in [2.24, 2.45) is 5.10 Å². The van der Waals surface area contributed by atoms with Crippen molar-refractivity contribution >= 4 is 49.0 Å². The van der Waals surface area contributed by atoms with Crippen LogP contribution in [0, 0.1) is 0 Å². The van der Waals surface area contributed by atoms with E-state index >= 15 is 0 Å². The Balaban J connectivity index is 2.06. The maximum absolute atomic E-state index is 13.0. The van der Waals surface area contributed by atoms with Gasteiger partial charge >= 0.3 is 0 Å². The number of ether oxygens (including phenoxy) is 1. The fraction of sp³-hybridized carbons (Fsp3) is 0.286. The maximum atomic E-state index is 13.0. The van der Waals surface area contributed by atoms with Crippen molar-refractivity contribution in [3.63, 3.8) is 0 Å². The number of fused-ring (bicyclic) bond motifs is 1. The first-order chi connectivity index (χ1) is 13.3. The molecule has 0 saturated heterocycles. The number of rotatable bonds is 5. The molecule has 146 valence electrons. The van der Waals surface area contributed by atoms with Gasteiger partial charge in [-0.05, 0) is 71.7 Å². The number of hydrogen-bond acceptors (Lipinski definition) is 4. The van der Waals surface area contributed by atoms with E-state index in [0.29, 0.717) is 16.7 Å². The molecule has 0 unspecified atom stereocenters. The molecule has 0 aliphatic carbocycles. The summed E-state index contributed by atoms with van der Waals surface area (Å²) in [7, 11) is 0. The van der Waals surface area contributed by atoms with E-state index in [1.54, 1.807) is 12.3 Å². The molecule has 2 aromatic carbocycles. The minimum absolute atomic E-state index is 0.0476. The lowest BCUT2D eigenvalue weighted by molar-refractivity contribution is 0.241. The lowest BCUT2D eigenvalue weighted by Gasteiger charge is -2.12. The van der Waals surface area contributed by atoms with Gasteiger partial charge in [0.1, 0.15) is 11.6 Å². The van der Waals surface area contributed by atoms with Crippen molar-refractivity contribution in [2.45, 2.75) is 39.7 Å². The Kier molecular flexibility index (Phi) is 6.35. The predicted octanol–water partition coefficient (Wildman–Crippen LogP) is 5.71. The Morgan fingerprint density at radius 1 is 1.11 bits per heavy atom. The van der Waals surface area contributed by atoms with Crippen LogP contribution in [0.2, 0.25) is 0 Å². The van der Waals surface area contributed by atoms with Gasteiger partial charge in [0.2, 0.25) is 0 Å². The zero-order chi connectivity index (χ0) is 20.4. The van der Waals surface area contributed by atoms with Crippen molar-refractivity contribution in [1.82, 2.24) is 9.66 Å². The molecule has 0 fully saturated rings. The van der Waals surface area contributed by atoms with Crippen LogP contribution in [0.4, 0.5) is 0 Å². The second-order valence-electron chi connectivity index (χ2n) is 7.00. The van der Waals surface area contributed by atoms with Crippen LogP contribution in [-0.4, -0.2) is 22.0 Å². The molecule has 0 N–H and O–H groups in total. The van der Waals surface area contributed by atoms with Gasteiger partial charge in [-0.3, -0.25) is 4.79 Å². The van der Waals surface area contributed by atoms with Crippen LogP contribution in [0.15, 0.2) is 55.2 Å². The lowest BCUT2D eigenvalue weighted by atomic mass is 10.2. The van der Waals surface area contributed by atoms with Crippen LogP contribution in [0.5, 0.6) is 5.75 Å². The summed E-state index contributed by atoms with van der Waals surface area (Å²) in [6.45, 7) is 7.94. The second kappa shape index (κ2) is 8.57. The fourth-order valence-electron chi connectivity index (χ4n) is 2.72. The average molecular weight is 507 g/mol. The Hall–Kier alpha value is -1.99. The highest BCUT2D eigenvalue weighted by Gasteiger charge is 2.14. The van der Waals surface area contributed by atoms with E-state index < -0.39 is 0 Å². The number of benzene rings is 2. The van der Waals surface area contributed by atoms with Crippen LogP contribution in [0.1, 0.15) is 45.0 Å². The van der Waals surface area contributed by atoms with Crippen LogP contribution < -0.4 is 10.3 Å². The molecular weight excluding hydrogens is 486 g/mol. The van der Waals surface area contributed by atoms with Crippen molar-refractivity contribution in [2.75, 3.05) is 0 Å². The predicted molar refractivity (Wildman–Crippen MR) is 121 cm³/mol. The van der Waals surface area contributed by atoms with E-state index in [9.17, 15) is 4.79 Å². The van der Waals surface area contributed by atoms with Gasteiger partial charge in [-0.1, -0.05) is 29.8 Å². The molecule has 0 aliphatic rings. The molecule has 7 heteroatoms. The summed E-state index contributed by atoms with van der Waals surface area (Å²) in [5, 5.41) is 4.97. The van der Waals surface area contributed by atoms with Crippen molar-refractivity contribution < 1.29 is 4.74 Å². The van der Waals surface area contributed by atoms with Gasteiger partial charge in [0.15, 0.2) is 0 Å². The third kappa shape index (κ3) is 4.52. The summed E-state index contributed by atoms with van der Waals surface area (Å²) < 4.78 is 8.78. The molecule has 0 aliphatic heterocycles. The summed E-state index contributed by atoms with van der Waals surface area (Å²) in [5.41, 5.74) is 1.32. The average Bonchev–Trinajstić information content (AvgIpc) is 2.63. The molecule has 3 aromatic rings. The fourth-order valence-corrected chi connectivity index (χ4v) is 3.57. The molecule has 28 heavy (non-hydrogen) atoms. The van der Waals surface area contributed by atoms with E-state index in [-0.39, 0.29) is 17.6 Å². The third-order valence-electron chi connectivity index (χ3n) is 3.99. The number of halogens is 2. The summed E-state index contributed by atoms with van der Waals surface area (Å²) in [6.07, 6.45) is 1.74. The standard InChI is InChI=1S/C21H21Br2N3O2/c1-12(2)20-25-18-7-6-15(22)10-16(18)21(27)26(20)24-11-14-5-8-19(17(23)9-14)28-13(3)4/h5-13H,1-4H3. The molecule has 5 nitrogen and oxygen atoms in total. The molecule has 0 spiro atoms. The van der Waals surface area contributed by atoms with E-state index in [1.165, 1.54) is 4.68 Å². The lowest BCUT2D eigenvalue weighted by Crippen LogP contribution is -2.23. The zero-order valence-electron chi connectivity index (χ0n) is 16.1. The zero-order valence-corrected chi connectivity index (χ0v) is 19.3. The van der Waals surface area contributed by atoms with Gasteiger partial charge in [0.05, 0.1) is 27.7 Å². The van der Waals surface area contributed by atoms with Gasteiger partial charge in [0, 0.05) is 10.4 Å². The van der Waals surface area contributed by atoms with E-state index in [1.807, 2.05) is 58.0 Å². The number of aromatic nitrogens is 2. The summed E-state index contributed by atoms with van der Waals surface area (Å²) in [6, 6.07) is 11.2. The highest BCUT2D eigenvalue weighted by atomic mass is 79.9. The van der Waals surface area contributed by atoms with Gasteiger partial charge in [-0.2, -0.15) is 9.78 Å². The third-order valence-corrected chi connectivity index (χ3v) is 5.10. The van der Waals surface area contributed by atoms with Crippen molar-refractivity contribution in [1.29, 1.82) is 0 Å². The number of hydrogen-bond donors (Lipinski definition) is 0. The molecule has 0 atom stereocenters. The first-order valence-electron chi connectivity index (χ1n) is 8.99. The van der Waals surface area contributed by atoms with Gasteiger partial charge in [0.25, 0.3) is 5.56 Å². The monoisotopic (exact) mass is 505 g/mol. The quantitative estimate of drug-likeness (QED) is 0.416. The highest BCUT2D eigenvalue weighted by Crippen LogP contribution is 2.26. The topological polar surface area (TPSA) is 56.5 Å².